The van der Waals surface area contributed by atoms with E-state index in [4.69, 9.17) is 11.6 Å². The Balaban J connectivity index is 1.50. The minimum Gasteiger partial charge on any atom is -0.374 e. The van der Waals surface area contributed by atoms with E-state index in [1.165, 1.54) is 18.5 Å². The molecule has 0 bridgehead atoms. The zero-order chi connectivity index (χ0) is 20.2. The van der Waals surface area contributed by atoms with Gasteiger partial charge < -0.3 is 15.5 Å². The number of likely N-dealkylation sites (N-methyl/N-ethyl adjacent to an activating group) is 1. The van der Waals surface area contributed by atoms with Gasteiger partial charge in [-0.15, -0.1) is 0 Å². The first-order chi connectivity index (χ1) is 14.1. The summed E-state index contributed by atoms with van der Waals surface area (Å²) in [5, 5.41) is 6.39. The van der Waals surface area contributed by atoms with Crippen LogP contribution in [0.5, 0.6) is 0 Å². The van der Waals surface area contributed by atoms with Gasteiger partial charge in [0.25, 0.3) is 0 Å². The quantitative estimate of drug-likeness (QED) is 0.631. The molecule has 0 saturated carbocycles. The summed E-state index contributed by atoms with van der Waals surface area (Å²) < 4.78 is 13.4. The predicted octanol–water partition coefficient (Wildman–Crippen LogP) is 4.14. The number of hydrogen-bond donors (Lipinski definition) is 2. The second-order valence-electron chi connectivity index (χ2n) is 6.58. The average Bonchev–Trinajstić information content (AvgIpc) is 2.72. The third-order valence-corrected chi connectivity index (χ3v) is 4.86. The van der Waals surface area contributed by atoms with Gasteiger partial charge in [-0.2, -0.15) is 0 Å². The van der Waals surface area contributed by atoms with E-state index in [1.807, 2.05) is 25.4 Å². The Morgan fingerprint density at radius 3 is 2.93 bits per heavy atom. The number of nitrogens with zero attached hydrogens (tertiary/aromatic N) is 5. The van der Waals surface area contributed by atoms with Crippen LogP contribution in [0.25, 0.3) is 11.0 Å². The number of rotatable bonds is 6. The fraction of sp³-hybridized carbons (Fsp3) is 0.200. The maximum absolute atomic E-state index is 13.4. The smallest absolute Gasteiger partial charge is 0.223 e. The minimum absolute atomic E-state index is 0.0296. The molecule has 9 heteroatoms. The van der Waals surface area contributed by atoms with Crippen LogP contribution in [0.2, 0.25) is 5.02 Å². The van der Waals surface area contributed by atoms with Crippen molar-refractivity contribution in [2.24, 2.45) is 0 Å². The summed E-state index contributed by atoms with van der Waals surface area (Å²) in [5.41, 5.74) is 1.76. The van der Waals surface area contributed by atoms with Crippen molar-refractivity contribution < 1.29 is 4.39 Å². The molecule has 0 radical (unpaired) electrons. The average molecular weight is 412 g/mol. The minimum atomic E-state index is -0.479. The first-order valence-electron chi connectivity index (χ1n) is 9.11. The van der Waals surface area contributed by atoms with Crippen molar-refractivity contribution >= 4 is 40.1 Å². The first-order valence-corrected chi connectivity index (χ1v) is 9.48. The number of allylic oxidation sites excluding steroid dienone is 2. The summed E-state index contributed by atoms with van der Waals surface area (Å²) in [4.78, 5) is 19.5. The van der Waals surface area contributed by atoms with Crippen LogP contribution in [0.4, 0.5) is 21.8 Å². The van der Waals surface area contributed by atoms with E-state index < -0.39 is 5.82 Å². The Hall–Kier alpha value is -3.26. The van der Waals surface area contributed by atoms with Crippen molar-refractivity contribution in [3.8, 4) is 0 Å². The van der Waals surface area contributed by atoms with Gasteiger partial charge in [-0.05, 0) is 36.9 Å². The van der Waals surface area contributed by atoms with Gasteiger partial charge in [0.05, 0.1) is 11.2 Å². The molecule has 1 aliphatic rings. The van der Waals surface area contributed by atoms with E-state index in [1.54, 1.807) is 12.3 Å². The second-order valence-corrected chi connectivity index (χ2v) is 6.99. The fourth-order valence-electron chi connectivity index (χ4n) is 3.00. The van der Waals surface area contributed by atoms with Crippen LogP contribution in [0.3, 0.4) is 0 Å². The highest BCUT2D eigenvalue weighted by molar-refractivity contribution is 6.31. The fourth-order valence-corrected chi connectivity index (χ4v) is 3.18. The Bertz CT molecular complexity index is 1090. The van der Waals surface area contributed by atoms with Crippen LogP contribution in [-0.2, 0) is 0 Å². The monoisotopic (exact) mass is 411 g/mol. The molecule has 1 aromatic carbocycles. The molecule has 148 valence electrons. The van der Waals surface area contributed by atoms with Crippen LogP contribution in [0, 0.1) is 5.82 Å². The third kappa shape index (κ3) is 4.43. The van der Waals surface area contributed by atoms with Crippen molar-refractivity contribution in [1.29, 1.82) is 0 Å². The summed E-state index contributed by atoms with van der Waals surface area (Å²) in [6.45, 7) is 0.711. The van der Waals surface area contributed by atoms with E-state index >= 15 is 0 Å². The molecule has 1 unspecified atom stereocenters. The molecule has 0 spiro atoms. The molecular weight excluding hydrogens is 393 g/mol. The Labute approximate surface area is 172 Å². The number of nitrogens with one attached hydrogen (secondary N) is 2. The van der Waals surface area contributed by atoms with Crippen LogP contribution in [-0.4, -0.2) is 44.5 Å². The summed E-state index contributed by atoms with van der Waals surface area (Å²) in [7, 11) is 2.05. The van der Waals surface area contributed by atoms with Gasteiger partial charge >= 0.3 is 0 Å². The molecule has 7 nitrogen and oxygen atoms in total. The van der Waals surface area contributed by atoms with E-state index in [2.05, 4.69) is 41.5 Å². The van der Waals surface area contributed by atoms with E-state index in [-0.39, 0.29) is 5.02 Å². The molecular formula is C20H19ClFN7. The van der Waals surface area contributed by atoms with Gasteiger partial charge in [-0.25, -0.2) is 24.3 Å². The zero-order valence-electron chi connectivity index (χ0n) is 15.7. The van der Waals surface area contributed by atoms with Gasteiger partial charge in [0.15, 0.2) is 5.82 Å². The maximum atomic E-state index is 13.4. The number of fused-ring (bicyclic) bond motifs is 1. The summed E-state index contributed by atoms with van der Waals surface area (Å²) in [5.74, 6) is 0.501. The largest absolute Gasteiger partial charge is 0.374 e. The topological polar surface area (TPSA) is 78.9 Å². The molecule has 1 aliphatic heterocycles. The molecule has 0 aliphatic carbocycles. The Kier molecular flexibility index (Phi) is 5.53. The molecule has 2 aromatic heterocycles. The molecule has 0 saturated heterocycles. The Morgan fingerprint density at radius 1 is 1.21 bits per heavy atom. The summed E-state index contributed by atoms with van der Waals surface area (Å²) in [6, 6.07) is 4.70. The molecule has 0 fully saturated rings. The lowest BCUT2D eigenvalue weighted by molar-refractivity contribution is 0.367. The number of benzene rings is 1. The SMILES string of the molecule is CN1C=CC=CC1CCNc1ncc2ncnc(Nc3ccc(F)c(Cl)c3)c2n1. The van der Waals surface area contributed by atoms with Crippen molar-refractivity contribution in [2.45, 2.75) is 12.5 Å². The molecule has 29 heavy (non-hydrogen) atoms. The highest BCUT2D eigenvalue weighted by atomic mass is 35.5. The van der Waals surface area contributed by atoms with E-state index in [0.29, 0.717) is 41.1 Å². The molecule has 3 heterocycles. The molecule has 4 rings (SSSR count). The van der Waals surface area contributed by atoms with Gasteiger partial charge in [0, 0.05) is 25.3 Å². The second kappa shape index (κ2) is 8.40. The maximum Gasteiger partial charge on any atom is 0.223 e. The zero-order valence-corrected chi connectivity index (χ0v) is 16.4. The molecule has 2 N–H and O–H groups in total. The summed E-state index contributed by atoms with van der Waals surface area (Å²) >= 11 is 5.86. The predicted molar refractivity (Wildman–Crippen MR) is 113 cm³/mol. The van der Waals surface area contributed by atoms with Crippen molar-refractivity contribution in [1.82, 2.24) is 24.8 Å². The normalized spacial score (nSPS) is 15.7. The number of halogens is 2. The van der Waals surface area contributed by atoms with Gasteiger partial charge in [-0.3, -0.25) is 0 Å². The number of aromatic nitrogens is 4. The van der Waals surface area contributed by atoms with Crippen LogP contribution >= 0.6 is 11.6 Å². The van der Waals surface area contributed by atoms with Crippen LogP contribution in [0.1, 0.15) is 6.42 Å². The molecule has 0 amide bonds. The molecule has 3 aromatic rings. The van der Waals surface area contributed by atoms with E-state index in [9.17, 15) is 4.39 Å². The summed E-state index contributed by atoms with van der Waals surface area (Å²) in [6.07, 6.45) is 12.2. The third-order valence-electron chi connectivity index (χ3n) is 4.57. The highest BCUT2D eigenvalue weighted by Crippen LogP contribution is 2.25. The van der Waals surface area contributed by atoms with E-state index in [0.717, 1.165) is 6.42 Å². The number of hydrogen-bond acceptors (Lipinski definition) is 7. The van der Waals surface area contributed by atoms with Gasteiger partial charge in [0.1, 0.15) is 23.2 Å². The van der Waals surface area contributed by atoms with Gasteiger partial charge in [0.2, 0.25) is 5.95 Å². The van der Waals surface area contributed by atoms with Crippen molar-refractivity contribution in [3.63, 3.8) is 0 Å². The standard InChI is InChI=1S/C20H19ClFN7/c1-29-9-3-2-4-14(29)7-8-23-20-24-11-17-18(28-20)19(26-12-25-17)27-13-5-6-16(22)15(21)10-13/h2-6,9-12,14H,7-8H2,1H3,(H,23,24,28)(H,25,26,27). The molecule has 1 atom stereocenters. The lowest BCUT2D eigenvalue weighted by Crippen LogP contribution is -2.28. The lowest BCUT2D eigenvalue weighted by atomic mass is 10.1. The van der Waals surface area contributed by atoms with Crippen LogP contribution in [0.15, 0.2) is 55.2 Å². The van der Waals surface area contributed by atoms with Crippen LogP contribution < -0.4 is 10.6 Å². The highest BCUT2D eigenvalue weighted by Gasteiger charge is 2.12. The van der Waals surface area contributed by atoms with Gasteiger partial charge in [-0.1, -0.05) is 23.8 Å². The Morgan fingerprint density at radius 2 is 2.10 bits per heavy atom. The number of anilines is 3. The lowest BCUT2D eigenvalue weighted by Gasteiger charge is -2.26. The first kappa shape index (κ1) is 19.1. The van der Waals surface area contributed by atoms with Crippen molar-refractivity contribution in [3.05, 3.63) is 66.0 Å². The van der Waals surface area contributed by atoms with Crippen molar-refractivity contribution in [2.75, 3.05) is 24.2 Å².